The van der Waals surface area contributed by atoms with Crippen LogP contribution in [0.1, 0.15) is 23.4 Å². The molecule has 0 spiro atoms. The van der Waals surface area contributed by atoms with E-state index in [4.69, 9.17) is 4.74 Å². The predicted molar refractivity (Wildman–Crippen MR) is 92.3 cm³/mol. The lowest BCUT2D eigenvalue weighted by Gasteiger charge is -2.15. The normalized spacial score (nSPS) is 11.6. The Kier molecular flexibility index (Phi) is 6.76. The van der Waals surface area contributed by atoms with Crippen LogP contribution in [0.25, 0.3) is 0 Å². The van der Waals surface area contributed by atoms with Gasteiger partial charge in [0.1, 0.15) is 5.25 Å². The van der Waals surface area contributed by atoms with Gasteiger partial charge >= 0.3 is 11.9 Å². The summed E-state index contributed by atoms with van der Waals surface area (Å²) in [5.74, 6) is -0.932. The van der Waals surface area contributed by atoms with E-state index in [0.29, 0.717) is 0 Å². The second-order valence-corrected chi connectivity index (χ2v) is 6.05. The first-order valence-electron chi connectivity index (χ1n) is 7.58. The number of thioether (sulfide) groups is 1. The monoisotopic (exact) mass is 362 g/mol. The van der Waals surface area contributed by atoms with Gasteiger partial charge in [0.25, 0.3) is 5.56 Å². The van der Waals surface area contributed by atoms with E-state index in [0.717, 1.165) is 17.3 Å². The SMILES string of the molecule is CCOC(=O)[C@@H](Sc1nc(CC(=O)OC)cc(=O)[nH]1)c1ccccc1. The molecule has 0 radical (unpaired) electrons. The molecule has 132 valence electrons. The molecule has 1 N–H and O–H groups in total. The standard InChI is InChI=1S/C17H18N2O5S/c1-3-24-16(22)15(11-7-5-4-6-8-11)25-17-18-12(9-13(20)19-17)10-14(21)23-2/h4-9,15H,3,10H2,1-2H3,(H,18,19,20)/t15-/m0/s1. The summed E-state index contributed by atoms with van der Waals surface area (Å²) in [6, 6.07) is 10.3. The highest BCUT2D eigenvalue weighted by molar-refractivity contribution is 8.00. The van der Waals surface area contributed by atoms with E-state index >= 15 is 0 Å². The molecule has 0 saturated carbocycles. The number of hydrogen-bond acceptors (Lipinski definition) is 7. The minimum Gasteiger partial charge on any atom is -0.469 e. The third-order valence-electron chi connectivity index (χ3n) is 3.16. The van der Waals surface area contributed by atoms with Crippen LogP contribution in [0.3, 0.4) is 0 Å². The van der Waals surface area contributed by atoms with E-state index in [9.17, 15) is 14.4 Å². The summed E-state index contributed by atoms with van der Waals surface area (Å²) in [5.41, 5.74) is 0.591. The molecule has 0 aliphatic heterocycles. The Morgan fingerprint density at radius 2 is 2.00 bits per heavy atom. The summed E-state index contributed by atoms with van der Waals surface area (Å²) in [7, 11) is 1.26. The van der Waals surface area contributed by atoms with E-state index in [1.807, 2.05) is 18.2 Å². The average molecular weight is 362 g/mol. The van der Waals surface area contributed by atoms with Gasteiger partial charge in [0.15, 0.2) is 5.16 Å². The Bertz CT molecular complexity index is 791. The maximum Gasteiger partial charge on any atom is 0.324 e. The van der Waals surface area contributed by atoms with Crippen molar-refractivity contribution in [2.75, 3.05) is 13.7 Å². The lowest BCUT2D eigenvalue weighted by Crippen LogP contribution is -2.17. The molecule has 2 aromatic rings. The number of nitrogens with one attached hydrogen (secondary N) is 1. The molecule has 1 heterocycles. The first-order valence-corrected chi connectivity index (χ1v) is 8.46. The highest BCUT2D eigenvalue weighted by Gasteiger charge is 2.24. The smallest absolute Gasteiger partial charge is 0.324 e. The van der Waals surface area contributed by atoms with E-state index in [-0.39, 0.29) is 23.9 Å². The van der Waals surface area contributed by atoms with Crippen molar-refractivity contribution in [2.24, 2.45) is 0 Å². The molecular weight excluding hydrogens is 344 g/mol. The molecule has 25 heavy (non-hydrogen) atoms. The molecule has 2 rings (SSSR count). The third-order valence-corrected chi connectivity index (χ3v) is 4.28. The Labute approximate surface area is 148 Å². The van der Waals surface area contributed by atoms with Gasteiger partial charge < -0.3 is 14.5 Å². The Morgan fingerprint density at radius 3 is 2.64 bits per heavy atom. The number of aromatic nitrogens is 2. The molecule has 0 fully saturated rings. The second-order valence-electron chi connectivity index (χ2n) is 4.96. The van der Waals surface area contributed by atoms with Crippen molar-refractivity contribution in [2.45, 2.75) is 23.8 Å². The van der Waals surface area contributed by atoms with Crippen molar-refractivity contribution in [3.05, 3.63) is 58.0 Å². The zero-order valence-electron chi connectivity index (χ0n) is 13.9. The highest BCUT2D eigenvalue weighted by atomic mass is 32.2. The maximum absolute atomic E-state index is 12.3. The van der Waals surface area contributed by atoms with Crippen LogP contribution in [0, 0.1) is 0 Å². The summed E-state index contributed by atoms with van der Waals surface area (Å²) in [4.78, 5) is 42.3. The maximum atomic E-state index is 12.3. The van der Waals surface area contributed by atoms with Gasteiger partial charge in [-0.1, -0.05) is 42.1 Å². The lowest BCUT2D eigenvalue weighted by molar-refractivity contribution is -0.142. The Balaban J connectivity index is 2.30. The third kappa shape index (κ3) is 5.46. The van der Waals surface area contributed by atoms with Crippen LogP contribution in [0.5, 0.6) is 0 Å². The largest absolute Gasteiger partial charge is 0.469 e. The second kappa shape index (κ2) is 9.03. The van der Waals surface area contributed by atoms with Gasteiger partial charge in [-0.15, -0.1) is 0 Å². The minimum atomic E-state index is -0.683. The van der Waals surface area contributed by atoms with Crippen molar-refractivity contribution >= 4 is 23.7 Å². The molecule has 8 heteroatoms. The number of rotatable bonds is 7. The fourth-order valence-electron chi connectivity index (χ4n) is 2.06. The number of H-pyrrole nitrogens is 1. The van der Waals surface area contributed by atoms with Gasteiger partial charge in [-0.25, -0.2) is 4.98 Å². The molecule has 0 amide bonds. The van der Waals surface area contributed by atoms with E-state index in [2.05, 4.69) is 14.7 Å². The number of ether oxygens (including phenoxy) is 2. The number of carbonyl (C=O) groups is 2. The van der Waals surface area contributed by atoms with Crippen molar-refractivity contribution in [1.82, 2.24) is 9.97 Å². The molecule has 0 aliphatic rings. The molecular formula is C17H18N2O5S. The zero-order valence-corrected chi connectivity index (χ0v) is 14.7. The number of hydrogen-bond donors (Lipinski definition) is 1. The van der Waals surface area contributed by atoms with Crippen LogP contribution in [0.2, 0.25) is 0 Å². The highest BCUT2D eigenvalue weighted by Crippen LogP contribution is 2.34. The number of nitrogens with zero attached hydrogens (tertiary/aromatic N) is 1. The summed E-state index contributed by atoms with van der Waals surface area (Å²) in [6.07, 6.45) is -0.122. The molecule has 0 aliphatic carbocycles. The Morgan fingerprint density at radius 1 is 1.28 bits per heavy atom. The van der Waals surface area contributed by atoms with Crippen LogP contribution in [-0.2, 0) is 25.5 Å². The van der Waals surface area contributed by atoms with Gasteiger partial charge in [-0.3, -0.25) is 14.4 Å². The summed E-state index contributed by atoms with van der Waals surface area (Å²) in [5, 5.41) is -0.453. The average Bonchev–Trinajstić information content (AvgIpc) is 2.60. The van der Waals surface area contributed by atoms with Gasteiger partial charge in [0, 0.05) is 6.07 Å². The quantitative estimate of drug-likeness (QED) is 0.456. The number of benzene rings is 1. The minimum absolute atomic E-state index is 0.122. The van der Waals surface area contributed by atoms with Crippen LogP contribution >= 0.6 is 11.8 Å². The summed E-state index contributed by atoms with van der Waals surface area (Å²) >= 11 is 1.06. The molecule has 0 unspecified atom stereocenters. The lowest BCUT2D eigenvalue weighted by atomic mass is 10.1. The number of carbonyl (C=O) groups excluding carboxylic acids is 2. The van der Waals surface area contributed by atoms with Crippen LogP contribution in [0.15, 0.2) is 46.3 Å². The fraction of sp³-hybridized carbons (Fsp3) is 0.294. The first kappa shape index (κ1) is 18.7. The van der Waals surface area contributed by atoms with Crippen LogP contribution < -0.4 is 5.56 Å². The predicted octanol–water partition coefficient (Wildman–Crippen LogP) is 1.88. The van der Waals surface area contributed by atoms with E-state index in [1.54, 1.807) is 19.1 Å². The zero-order chi connectivity index (χ0) is 18.2. The van der Waals surface area contributed by atoms with Gasteiger partial charge in [0.05, 0.1) is 25.8 Å². The molecule has 0 saturated heterocycles. The fourth-order valence-corrected chi connectivity index (χ4v) is 3.07. The van der Waals surface area contributed by atoms with Crippen molar-refractivity contribution < 1.29 is 19.1 Å². The van der Waals surface area contributed by atoms with Crippen molar-refractivity contribution in [1.29, 1.82) is 0 Å². The van der Waals surface area contributed by atoms with E-state index < -0.39 is 22.7 Å². The van der Waals surface area contributed by atoms with Crippen molar-refractivity contribution in [3.8, 4) is 0 Å². The molecule has 1 aromatic carbocycles. The summed E-state index contributed by atoms with van der Waals surface area (Å²) in [6.45, 7) is 1.97. The van der Waals surface area contributed by atoms with Crippen LogP contribution in [0.4, 0.5) is 0 Å². The Hall–Kier alpha value is -2.61. The first-order chi connectivity index (χ1) is 12.0. The van der Waals surface area contributed by atoms with Gasteiger partial charge in [-0.05, 0) is 12.5 Å². The van der Waals surface area contributed by atoms with Gasteiger partial charge in [0.2, 0.25) is 0 Å². The summed E-state index contributed by atoms with van der Waals surface area (Å²) < 4.78 is 9.70. The van der Waals surface area contributed by atoms with E-state index in [1.165, 1.54) is 13.2 Å². The molecule has 7 nitrogen and oxygen atoms in total. The van der Waals surface area contributed by atoms with Crippen molar-refractivity contribution in [3.63, 3.8) is 0 Å². The number of methoxy groups -OCH3 is 1. The van der Waals surface area contributed by atoms with Crippen LogP contribution in [-0.4, -0.2) is 35.6 Å². The molecule has 1 atom stereocenters. The van der Waals surface area contributed by atoms with Gasteiger partial charge in [-0.2, -0.15) is 0 Å². The number of esters is 2. The number of aromatic amines is 1. The topological polar surface area (TPSA) is 98.3 Å². The molecule has 1 aromatic heterocycles. The molecule has 0 bridgehead atoms.